The molecule has 0 N–H and O–H groups in total. The fourth-order valence-electron chi connectivity index (χ4n) is 5.00. The van der Waals surface area contributed by atoms with Crippen LogP contribution >= 0.6 is 0 Å². The van der Waals surface area contributed by atoms with Crippen LogP contribution in [-0.2, 0) is 0 Å². The van der Waals surface area contributed by atoms with Crippen molar-refractivity contribution in [1.82, 2.24) is 4.98 Å². The lowest BCUT2D eigenvalue weighted by atomic mass is 9.81. The standard InChI is InChI=1S/C33H23N/c1-23-21-26(27-15-10-20-34-22-27)18-19-30-31(23)33(25-13-6-3-7-14-25)29-17-9-8-16-28(29)32(30)24-11-4-2-5-12-24/h2-20,22H,1H3. The van der Waals surface area contributed by atoms with Gasteiger partial charge in [-0.1, -0.05) is 97.1 Å². The fraction of sp³-hybridized carbons (Fsp3) is 0.0303. The lowest BCUT2D eigenvalue weighted by molar-refractivity contribution is 1.31. The van der Waals surface area contributed by atoms with E-state index in [-0.39, 0.29) is 0 Å². The topological polar surface area (TPSA) is 12.9 Å². The number of hydrogen-bond donors (Lipinski definition) is 0. The Hall–Kier alpha value is -4.45. The van der Waals surface area contributed by atoms with Gasteiger partial charge in [0.05, 0.1) is 0 Å². The highest BCUT2D eigenvalue weighted by molar-refractivity contribution is 6.13. The van der Waals surface area contributed by atoms with E-state index >= 15 is 0 Å². The third-order valence-electron chi connectivity index (χ3n) is 6.47. The van der Waals surface area contributed by atoms with Gasteiger partial charge in [0.2, 0.25) is 0 Å². The molecule has 0 fully saturated rings. The number of pyridine rings is 1. The summed E-state index contributed by atoms with van der Waals surface area (Å²) in [6.07, 6.45) is 8.16. The zero-order valence-electron chi connectivity index (χ0n) is 19.0. The van der Waals surface area contributed by atoms with Gasteiger partial charge in [-0.05, 0) is 57.7 Å². The molecular weight excluding hydrogens is 410 g/mol. The number of allylic oxidation sites excluding steroid dienone is 2. The summed E-state index contributed by atoms with van der Waals surface area (Å²) in [5.41, 5.74) is 14.4. The molecule has 1 nitrogen and oxygen atoms in total. The Morgan fingerprint density at radius 1 is 0.559 bits per heavy atom. The van der Waals surface area contributed by atoms with Gasteiger partial charge in [0.1, 0.15) is 0 Å². The van der Waals surface area contributed by atoms with Crippen LogP contribution in [0.1, 0.15) is 23.6 Å². The lowest BCUT2D eigenvalue weighted by Gasteiger charge is -2.21. The molecule has 6 rings (SSSR count). The maximum atomic E-state index is 4.34. The van der Waals surface area contributed by atoms with Crippen molar-refractivity contribution in [1.29, 1.82) is 0 Å². The molecule has 0 unspecified atom stereocenters. The van der Waals surface area contributed by atoms with Gasteiger partial charge in [0.25, 0.3) is 0 Å². The van der Waals surface area contributed by atoms with Gasteiger partial charge in [-0.25, -0.2) is 0 Å². The smallest absolute Gasteiger partial charge is 0.0352 e. The minimum Gasteiger partial charge on any atom is -0.264 e. The van der Waals surface area contributed by atoms with E-state index in [9.17, 15) is 0 Å². The maximum absolute atomic E-state index is 4.34. The third-order valence-corrected chi connectivity index (χ3v) is 6.47. The molecule has 1 aromatic heterocycles. The zero-order chi connectivity index (χ0) is 22.9. The van der Waals surface area contributed by atoms with Crippen LogP contribution in [-0.4, -0.2) is 4.98 Å². The molecule has 0 bridgehead atoms. The Morgan fingerprint density at radius 2 is 1.15 bits per heavy atom. The van der Waals surface area contributed by atoms with E-state index in [0.717, 1.165) is 16.7 Å². The number of fused-ring (bicyclic) bond motifs is 2. The van der Waals surface area contributed by atoms with Gasteiger partial charge in [0, 0.05) is 34.7 Å². The van der Waals surface area contributed by atoms with E-state index in [1.165, 1.54) is 44.2 Å². The van der Waals surface area contributed by atoms with E-state index in [4.69, 9.17) is 0 Å². The molecule has 0 aliphatic heterocycles. The van der Waals surface area contributed by atoms with Crippen LogP contribution in [0.4, 0.5) is 0 Å². The maximum Gasteiger partial charge on any atom is 0.0352 e. The average molecular weight is 434 g/mol. The molecule has 1 heterocycles. The van der Waals surface area contributed by atoms with Crippen LogP contribution in [0.25, 0.3) is 50.2 Å². The predicted molar refractivity (Wildman–Crippen MR) is 144 cm³/mol. The van der Waals surface area contributed by atoms with Gasteiger partial charge in [-0.15, -0.1) is 5.73 Å². The molecular formula is C33H23N. The Morgan fingerprint density at radius 3 is 1.79 bits per heavy atom. The van der Waals surface area contributed by atoms with Crippen LogP contribution in [0.3, 0.4) is 0 Å². The largest absolute Gasteiger partial charge is 0.264 e. The molecule has 0 atom stereocenters. The molecule has 1 aliphatic carbocycles. The van der Waals surface area contributed by atoms with Gasteiger partial charge >= 0.3 is 0 Å². The summed E-state index contributed by atoms with van der Waals surface area (Å²) < 4.78 is 0. The molecule has 0 saturated heterocycles. The van der Waals surface area contributed by atoms with Crippen molar-refractivity contribution in [3.63, 3.8) is 0 Å². The Bertz CT molecular complexity index is 1600. The van der Waals surface area contributed by atoms with E-state index in [0.29, 0.717) is 0 Å². The summed E-state index contributed by atoms with van der Waals surface area (Å²) in [4.78, 5) is 4.34. The van der Waals surface area contributed by atoms with Crippen LogP contribution in [0, 0.1) is 0 Å². The first kappa shape index (κ1) is 20.2. The quantitative estimate of drug-likeness (QED) is 0.259. The normalized spacial score (nSPS) is 12.6. The molecule has 1 aliphatic rings. The fourth-order valence-corrected chi connectivity index (χ4v) is 5.00. The van der Waals surface area contributed by atoms with Crippen LogP contribution in [0.5, 0.6) is 0 Å². The summed E-state index contributed by atoms with van der Waals surface area (Å²) in [5.74, 6) is 0. The second-order valence-corrected chi connectivity index (χ2v) is 8.56. The monoisotopic (exact) mass is 433 g/mol. The van der Waals surface area contributed by atoms with Gasteiger partial charge < -0.3 is 0 Å². The van der Waals surface area contributed by atoms with E-state index in [1.807, 2.05) is 18.5 Å². The number of nitrogens with zero attached hydrogens (tertiary/aromatic N) is 1. The van der Waals surface area contributed by atoms with E-state index in [2.05, 4.69) is 121 Å². The van der Waals surface area contributed by atoms with E-state index < -0.39 is 0 Å². The van der Waals surface area contributed by atoms with Crippen molar-refractivity contribution in [2.45, 2.75) is 6.92 Å². The van der Waals surface area contributed by atoms with Crippen molar-refractivity contribution in [2.24, 2.45) is 0 Å². The van der Waals surface area contributed by atoms with E-state index in [1.54, 1.807) is 0 Å². The Labute approximate surface area is 200 Å². The highest BCUT2D eigenvalue weighted by Gasteiger charge is 2.22. The summed E-state index contributed by atoms with van der Waals surface area (Å²) in [6.45, 7) is 2.18. The molecule has 4 aromatic carbocycles. The number of benzene rings is 4. The molecule has 0 saturated carbocycles. The summed E-state index contributed by atoms with van der Waals surface area (Å²) in [6, 6.07) is 34.3. The van der Waals surface area contributed by atoms with Crippen LogP contribution in [0.15, 0.2) is 121 Å². The second kappa shape index (κ2) is 8.48. The minimum absolute atomic E-state index is 1.05. The SMILES string of the molecule is CC1=C=C(c2cccnc2)C=Cc2c1c(-c1ccccc1)c1ccccc1c2-c1ccccc1. The number of rotatable bonds is 3. The molecule has 0 amide bonds. The first-order chi connectivity index (χ1) is 16.8. The first-order valence-corrected chi connectivity index (χ1v) is 11.6. The van der Waals surface area contributed by atoms with Crippen LogP contribution in [0.2, 0.25) is 0 Å². The zero-order valence-corrected chi connectivity index (χ0v) is 19.0. The molecule has 1 heteroatoms. The van der Waals surface area contributed by atoms with Crippen molar-refractivity contribution in [2.75, 3.05) is 0 Å². The first-order valence-electron chi connectivity index (χ1n) is 11.6. The van der Waals surface area contributed by atoms with Crippen molar-refractivity contribution >= 4 is 28.0 Å². The van der Waals surface area contributed by atoms with Gasteiger partial charge in [-0.3, -0.25) is 4.98 Å². The minimum atomic E-state index is 1.05. The highest BCUT2D eigenvalue weighted by Crippen LogP contribution is 2.46. The molecule has 0 radical (unpaired) electrons. The third kappa shape index (κ3) is 3.40. The average Bonchev–Trinajstić information content (AvgIpc) is 3.08. The summed E-state index contributed by atoms with van der Waals surface area (Å²) in [7, 11) is 0. The van der Waals surface area contributed by atoms with Crippen molar-refractivity contribution < 1.29 is 0 Å². The molecule has 34 heavy (non-hydrogen) atoms. The highest BCUT2D eigenvalue weighted by atomic mass is 14.6. The van der Waals surface area contributed by atoms with Crippen LogP contribution < -0.4 is 0 Å². The predicted octanol–water partition coefficient (Wildman–Crippen LogP) is 8.68. The molecule has 0 spiro atoms. The van der Waals surface area contributed by atoms with Gasteiger partial charge in [0.15, 0.2) is 0 Å². The van der Waals surface area contributed by atoms with Crippen molar-refractivity contribution in [3.05, 3.63) is 138 Å². The Kier molecular flexibility index (Phi) is 5.03. The lowest BCUT2D eigenvalue weighted by Crippen LogP contribution is -1.98. The van der Waals surface area contributed by atoms with Gasteiger partial charge in [-0.2, -0.15) is 0 Å². The molecule has 160 valence electrons. The molecule has 5 aromatic rings. The summed E-state index contributed by atoms with van der Waals surface area (Å²) >= 11 is 0. The number of aromatic nitrogens is 1. The number of hydrogen-bond acceptors (Lipinski definition) is 1. The summed E-state index contributed by atoms with van der Waals surface area (Å²) in [5, 5.41) is 2.51. The van der Waals surface area contributed by atoms with Crippen molar-refractivity contribution in [3.8, 4) is 22.3 Å². The second-order valence-electron chi connectivity index (χ2n) is 8.56. The Balaban J connectivity index is 1.78.